The molecule has 2 aromatic carbocycles. The highest BCUT2D eigenvalue weighted by molar-refractivity contribution is 5.74. The molecule has 6 nitrogen and oxygen atoms in total. The second-order valence-electron chi connectivity index (χ2n) is 8.07. The third-order valence-electron chi connectivity index (χ3n) is 4.80. The van der Waals surface area contributed by atoms with E-state index in [-0.39, 0.29) is 0 Å². The van der Waals surface area contributed by atoms with Crippen LogP contribution in [0.4, 0.5) is 9.18 Å². The third kappa shape index (κ3) is 5.16. The van der Waals surface area contributed by atoms with Crippen LogP contribution in [0.1, 0.15) is 44.4 Å². The molecule has 162 valence electrons. The smallest absolute Gasteiger partial charge is 0.410 e. The number of aliphatic carboxylic acids is 1. The molecule has 0 saturated carbocycles. The van der Waals surface area contributed by atoms with Crippen molar-refractivity contribution in [2.45, 2.75) is 44.4 Å². The van der Waals surface area contributed by atoms with Crippen LogP contribution >= 0.6 is 0 Å². The van der Waals surface area contributed by atoms with Crippen molar-refractivity contribution in [1.29, 1.82) is 0 Å². The number of methoxy groups -OCH3 is 1. The monoisotopic (exact) mass is 417 g/mol. The molecule has 0 aliphatic rings. The van der Waals surface area contributed by atoms with E-state index in [0.717, 1.165) is 0 Å². The van der Waals surface area contributed by atoms with Crippen molar-refractivity contribution in [3.8, 4) is 0 Å². The van der Waals surface area contributed by atoms with Crippen LogP contribution in [-0.4, -0.2) is 41.8 Å². The number of rotatable bonds is 7. The molecule has 0 heterocycles. The minimum atomic E-state index is -1.46. The Morgan fingerprint density at radius 3 is 2.10 bits per heavy atom. The third-order valence-corrected chi connectivity index (χ3v) is 4.80. The molecule has 1 amide bonds. The first-order valence-corrected chi connectivity index (χ1v) is 9.53. The number of carbonyl (C=O) groups excluding carboxylic acids is 1. The summed E-state index contributed by atoms with van der Waals surface area (Å²) < 4.78 is 24.8. The van der Waals surface area contributed by atoms with E-state index in [9.17, 15) is 19.1 Å². The Hall–Kier alpha value is -2.93. The molecule has 7 heteroatoms. The highest BCUT2D eigenvalue weighted by atomic mass is 19.1. The maximum atomic E-state index is 13.5. The van der Waals surface area contributed by atoms with Gasteiger partial charge in [-0.1, -0.05) is 42.5 Å². The summed E-state index contributed by atoms with van der Waals surface area (Å²) in [5.41, 5.74) is -1.16. The Balaban J connectivity index is 2.74. The van der Waals surface area contributed by atoms with Crippen LogP contribution in [0.25, 0.3) is 0 Å². The van der Waals surface area contributed by atoms with E-state index in [2.05, 4.69) is 0 Å². The number of hydrogen-bond acceptors (Lipinski definition) is 4. The van der Waals surface area contributed by atoms with E-state index in [0.29, 0.717) is 11.1 Å². The molecule has 0 radical (unpaired) electrons. The lowest BCUT2D eigenvalue weighted by Gasteiger charge is -2.46. The number of benzene rings is 2. The number of carbonyl (C=O) groups is 2. The number of nitrogens with zero attached hydrogens (tertiary/aromatic N) is 1. The van der Waals surface area contributed by atoms with Gasteiger partial charge in [0.2, 0.25) is 0 Å². The molecule has 1 unspecified atom stereocenters. The number of halogens is 1. The first-order chi connectivity index (χ1) is 14.0. The first-order valence-electron chi connectivity index (χ1n) is 9.53. The Kier molecular flexibility index (Phi) is 7.21. The van der Waals surface area contributed by atoms with Crippen LogP contribution in [0.2, 0.25) is 0 Å². The van der Waals surface area contributed by atoms with E-state index < -0.39 is 41.5 Å². The van der Waals surface area contributed by atoms with Crippen molar-refractivity contribution in [1.82, 2.24) is 4.90 Å². The van der Waals surface area contributed by atoms with Crippen LogP contribution < -0.4 is 0 Å². The second-order valence-corrected chi connectivity index (χ2v) is 8.07. The molecule has 0 bridgehead atoms. The Morgan fingerprint density at radius 2 is 1.63 bits per heavy atom. The van der Waals surface area contributed by atoms with Crippen LogP contribution in [-0.2, 0) is 19.8 Å². The van der Waals surface area contributed by atoms with E-state index in [4.69, 9.17) is 9.47 Å². The number of likely N-dealkylation sites (N-methyl/N-ethyl adjacent to an activating group) is 1. The predicted octanol–water partition coefficient (Wildman–Crippen LogP) is 4.75. The Labute approximate surface area is 176 Å². The Bertz CT molecular complexity index is 863. The highest BCUT2D eigenvalue weighted by Gasteiger charge is 2.50. The molecule has 0 aliphatic heterocycles. The molecule has 30 heavy (non-hydrogen) atoms. The van der Waals surface area contributed by atoms with Gasteiger partial charge in [-0.3, -0.25) is 9.69 Å². The van der Waals surface area contributed by atoms with Crippen LogP contribution in [0.15, 0.2) is 54.6 Å². The minimum absolute atomic E-state index is 0.433. The van der Waals surface area contributed by atoms with Crippen LogP contribution in [0.3, 0.4) is 0 Å². The van der Waals surface area contributed by atoms with Crippen molar-refractivity contribution in [3.05, 3.63) is 71.5 Å². The fourth-order valence-corrected chi connectivity index (χ4v) is 3.53. The summed E-state index contributed by atoms with van der Waals surface area (Å²) in [6.45, 7) is 5.19. The maximum absolute atomic E-state index is 13.5. The van der Waals surface area contributed by atoms with Gasteiger partial charge in [-0.2, -0.15) is 0 Å². The molecule has 2 atom stereocenters. The average Bonchev–Trinajstić information content (AvgIpc) is 2.67. The quantitative estimate of drug-likeness (QED) is 0.704. The van der Waals surface area contributed by atoms with Crippen molar-refractivity contribution < 1.29 is 28.6 Å². The van der Waals surface area contributed by atoms with Gasteiger partial charge in [0.1, 0.15) is 23.1 Å². The van der Waals surface area contributed by atoms with E-state index >= 15 is 0 Å². The summed E-state index contributed by atoms with van der Waals surface area (Å²) >= 11 is 0. The number of carboxylic acids is 1. The van der Waals surface area contributed by atoms with Gasteiger partial charge in [0.05, 0.1) is 6.42 Å². The molecule has 0 spiro atoms. The van der Waals surface area contributed by atoms with Gasteiger partial charge in [0, 0.05) is 14.2 Å². The SMILES string of the molecule is CO[C@@H](c1ccc(F)cc1)C(CC(=O)O)(c1ccccc1)N(C)C(=O)OC(C)(C)C. The van der Waals surface area contributed by atoms with Gasteiger partial charge in [-0.15, -0.1) is 0 Å². The number of carboxylic acid groups (broad SMARTS) is 1. The van der Waals surface area contributed by atoms with E-state index in [1.54, 1.807) is 51.1 Å². The summed E-state index contributed by atoms with van der Waals surface area (Å²) in [7, 11) is 2.91. The van der Waals surface area contributed by atoms with Crippen molar-refractivity contribution in [2.24, 2.45) is 0 Å². The fraction of sp³-hybridized carbons (Fsp3) is 0.391. The highest BCUT2D eigenvalue weighted by Crippen LogP contribution is 2.45. The number of hydrogen-bond donors (Lipinski definition) is 1. The minimum Gasteiger partial charge on any atom is -0.481 e. The van der Waals surface area contributed by atoms with Gasteiger partial charge in [0.15, 0.2) is 0 Å². The molecule has 0 saturated heterocycles. The molecule has 0 aliphatic carbocycles. The van der Waals surface area contributed by atoms with Gasteiger partial charge in [0.25, 0.3) is 0 Å². The fourth-order valence-electron chi connectivity index (χ4n) is 3.53. The van der Waals surface area contributed by atoms with Crippen molar-refractivity contribution in [3.63, 3.8) is 0 Å². The molecule has 2 aromatic rings. The largest absolute Gasteiger partial charge is 0.481 e. The second kappa shape index (κ2) is 9.26. The number of ether oxygens (including phenoxy) is 2. The van der Waals surface area contributed by atoms with Crippen LogP contribution in [0.5, 0.6) is 0 Å². The maximum Gasteiger partial charge on any atom is 0.410 e. The predicted molar refractivity (Wildman–Crippen MR) is 111 cm³/mol. The lowest BCUT2D eigenvalue weighted by Crippen LogP contribution is -2.54. The van der Waals surface area contributed by atoms with Crippen LogP contribution in [0, 0.1) is 5.82 Å². The zero-order valence-corrected chi connectivity index (χ0v) is 17.9. The van der Waals surface area contributed by atoms with Gasteiger partial charge in [-0.05, 0) is 44.0 Å². The van der Waals surface area contributed by atoms with E-state index in [1.165, 1.54) is 43.3 Å². The molecule has 1 N–H and O–H groups in total. The summed E-state index contributed by atoms with van der Waals surface area (Å²) in [5, 5.41) is 9.81. The molecular formula is C23H28FNO5. The first kappa shape index (κ1) is 23.3. The van der Waals surface area contributed by atoms with Crippen molar-refractivity contribution in [2.75, 3.05) is 14.2 Å². The topological polar surface area (TPSA) is 76.1 Å². The van der Waals surface area contributed by atoms with Gasteiger partial charge in [-0.25, -0.2) is 9.18 Å². The summed E-state index contributed by atoms with van der Waals surface area (Å²) in [6.07, 6.45) is -2.06. The zero-order chi connectivity index (χ0) is 22.5. The normalized spacial score (nSPS) is 14.5. The average molecular weight is 417 g/mol. The lowest BCUT2D eigenvalue weighted by atomic mass is 9.77. The number of amides is 1. The van der Waals surface area contributed by atoms with Gasteiger partial charge < -0.3 is 14.6 Å². The Morgan fingerprint density at radius 1 is 1.07 bits per heavy atom. The molecular weight excluding hydrogens is 389 g/mol. The summed E-state index contributed by atoms with van der Waals surface area (Å²) in [4.78, 5) is 26.3. The van der Waals surface area contributed by atoms with Crippen molar-refractivity contribution >= 4 is 12.1 Å². The lowest BCUT2D eigenvalue weighted by molar-refractivity contribution is -0.144. The van der Waals surface area contributed by atoms with E-state index in [1.807, 2.05) is 0 Å². The van der Waals surface area contributed by atoms with Gasteiger partial charge >= 0.3 is 12.1 Å². The molecule has 0 aromatic heterocycles. The summed E-state index contributed by atoms with van der Waals surface area (Å²) in [5.74, 6) is -1.56. The standard InChI is InChI=1S/C23H28FNO5/c1-22(2,3)30-21(28)25(4)23(15-19(26)27,17-9-7-6-8-10-17)20(29-5)16-11-13-18(24)14-12-16/h6-14,20H,15H2,1-5H3,(H,26,27)/t20-,23?/m0/s1. The molecule has 0 fully saturated rings. The summed E-state index contributed by atoms with van der Waals surface area (Å²) in [6, 6.07) is 14.4. The molecule has 2 rings (SSSR count). The zero-order valence-electron chi connectivity index (χ0n) is 17.9.